The van der Waals surface area contributed by atoms with Crippen LogP contribution in [0.15, 0.2) is 18.2 Å². The molecule has 0 amide bonds. The SMILES string of the molecule is CCNCc1ccc(N(C)C2CCC(C)CC2)cc1C. The van der Waals surface area contributed by atoms with E-state index in [4.69, 9.17) is 0 Å². The van der Waals surface area contributed by atoms with Crippen molar-refractivity contribution in [1.29, 1.82) is 0 Å². The van der Waals surface area contributed by atoms with Crippen LogP contribution in [0, 0.1) is 12.8 Å². The van der Waals surface area contributed by atoms with E-state index in [0.717, 1.165) is 25.0 Å². The highest BCUT2D eigenvalue weighted by Crippen LogP contribution is 2.30. The first-order valence-electron chi connectivity index (χ1n) is 8.15. The second kappa shape index (κ2) is 7.12. The lowest BCUT2D eigenvalue weighted by molar-refractivity contribution is 0.341. The van der Waals surface area contributed by atoms with Crippen molar-refractivity contribution in [3.8, 4) is 0 Å². The van der Waals surface area contributed by atoms with Gasteiger partial charge in [-0.05, 0) is 68.3 Å². The zero-order chi connectivity index (χ0) is 14.5. The van der Waals surface area contributed by atoms with Gasteiger partial charge < -0.3 is 10.2 Å². The number of nitrogens with one attached hydrogen (secondary N) is 1. The van der Waals surface area contributed by atoms with Crippen LogP contribution in [0.25, 0.3) is 0 Å². The van der Waals surface area contributed by atoms with Gasteiger partial charge in [-0.15, -0.1) is 0 Å². The Morgan fingerprint density at radius 3 is 2.50 bits per heavy atom. The van der Waals surface area contributed by atoms with Crippen molar-refractivity contribution in [3.05, 3.63) is 29.3 Å². The van der Waals surface area contributed by atoms with Crippen LogP contribution < -0.4 is 10.2 Å². The van der Waals surface area contributed by atoms with E-state index in [-0.39, 0.29) is 0 Å². The Morgan fingerprint density at radius 2 is 1.90 bits per heavy atom. The largest absolute Gasteiger partial charge is 0.372 e. The van der Waals surface area contributed by atoms with Gasteiger partial charge in [-0.2, -0.15) is 0 Å². The Kier molecular flexibility index (Phi) is 5.47. The molecule has 0 spiro atoms. The highest BCUT2D eigenvalue weighted by atomic mass is 15.1. The van der Waals surface area contributed by atoms with E-state index in [0.29, 0.717) is 0 Å². The first kappa shape index (κ1) is 15.4. The lowest BCUT2D eigenvalue weighted by atomic mass is 9.86. The summed E-state index contributed by atoms with van der Waals surface area (Å²) in [4.78, 5) is 2.50. The molecule has 1 aromatic rings. The quantitative estimate of drug-likeness (QED) is 0.869. The zero-order valence-corrected chi connectivity index (χ0v) is 13.6. The first-order chi connectivity index (χ1) is 9.61. The molecule has 1 saturated carbocycles. The fourth-order valence-corrected chi connectivity index (χ4v) is 3.20. The zero-order valence-electron chi connectivity index (χ0n) is 13.6. The Morgan fingerprint density at radius 1 is 1.20 bits per heavy atom. The topological polar surface area (TPSA) is 15.3 Å². The van der Waals surface area contributed by atoms with E-state index >= 15 is 0 Å². The van der Waals surface area contributed by atoms with Crippen LogP contribution in [-0.4, -0.2) is 19.6 Å². The van der Waals surface area contributed by atoms with Gasteiger partial charge in [-0.3, -0.25) is 0 Å². The summed E-state index contributed by atoms with van der Waals surface area (Å²) in [6.45, 7) is 8.78. The summed E-state index contributed by atoms with van der Waals surface area (Å²) in [5.41, 5.74) is 4.20. The Bertz CT molecular complexity index is 419. The van der Waals surface area contributed by atoms with E-state index < -0.39 is 0 Å². The predicted molar refractivity (Wildman–Crippen MR) is 88.4 cm³/mol. The van der Waals surface area contributed by atoms with Crippen LogP contribution in [0.4, 0.5) is 5.69 Å². The Hall–Kier alpha value is -1.02. The van der Waals surface area contributed by atoms with Gasteiger partial charge in [-0.25, -0.2) is 0 Å². The van der Waals surface area contributed by atoms with Crippen molar-refractivity contribution in [2.75, 3.05) is 18.5 Å². The van der Waals surface area contributed by atoms with Crippen molar-refractivity contribution in [2.24, 2.45) is 5.92 Å². The molecular formula is C18H30N2. The second-order valence-electron chi connectivity index (χ2n) is 6.42. The molecule has 2 rings (SSSR count). The van der Waals surface area contributed by atoms with Gasteiger partial charge in [0.05, 0.1) is 0 Å². The van der Waals surface area contributed by atoms with Gasteiger partial charge in [0.25, 0.3) is 0 Å². The molecule has 1 aliphatic carbocycles. The summed E-state index contributed by atoms with van der Waals surface area (Å²) >= 11 is 0. The molecule has 0 heterocycles. The van der Waals surface area contributed by atoms with Gasteiger partial charge in [0, 0.05) is 25.3 Å². The second-order valence-corrected chi connectivity index (χ2v) is 6.42. The average molecular weight is 274 g/mol. The minimum Gasteiger partial charge on any atom is -0.372 e. The summed E-state index contributed by atoms with van der Waals surface area (Å²) in [7, 11) is 2.26. The highest BCUT2D eigenvalue weighted by molar-refractivity contribution is 5.51. The standard InChI is InChI=1S/C18H30N2/c1-5-19-13-16-8-11-18(12-15(16)3)20(4)17-9-6-14(2)7-10-17/h8,11-12,14,17,19H,5-7,9-10,13H2,1-4H3. The number of nitrogens with zero attached hydrogens (tertiary/aromatic N) is 1. The molecule has 1 aromatic carbocycles. The molecule has 20 heavy (non-hydrogen) atoms. The lowest BCUT2D eigenvalue weighted by Crippen LogP contribution is -2.34. The summed E-state index contributed by atoms with van der Waals surface area (Å²) < 4.78 is 0. The van der Waals surface area contributed by atoms with Gasteiger partial charge in [-0.1, -0.05) is 19.9 Å². The third-order valence-electron chi connectivity index (χ3n) is 4.83. The number of rotatable bonds is 5. The van der Waals surface area contributed by atoms with E-state index in [1.165, 1.54) is 42.5 Å². The average Bonchev–Trinajstić information content (AvgIpc) is 2.46. The maximum atomic E-state index is 3.41. The molecule has 0 aromatic heterocycles. The molecule has 2 heteroatoms. The molecule has 1 aliphatic rings. The first-order valence-corrected chi connectivity index (χ1v) is 8.15. The minimum absolute atomic E-state index is 0.727. The number of anilines is 1. The Labute approximate surface area is 124 Å². The maximum Gasteiger partial charge on any atom is 0.0368 e. The van der Waals surface area contributed by atoms with E-state index in [1.807, 2.05) is 0 Å². The van der Waals surface area contributed by atoms with Gasteiger partial charge in [0.2, 0.25) is 0 Å². The van der Waals surface area contributed by atoms with Gasteiger partial charge in [0.15, 0.2) is 0 Å². The summed E-state index contributed by atoms with van der Waals surface area (Å²) in [5.74, 6) is 0.920. The molecule has 0 atom stereocenters. The van der Waals surface area contributed by atoms with Crippen LogP contribution in [0.5, 0.6) is 0 Å². The van der Waals surface area contributed by atoms with Crippen LogP contribution in [0.2, 0.25) is 0 Å². The van der Waals surface area contributed by atoms with Crippen LogP contribution >= 0.6 is 0 Å². The molecular weight excluding hydrogens is 244 g/mol. The molecule has 1 fully saturated rings. The summed E-state index contributed by atoms with van der Waals surface area (Å²) in [5, 5.41) is 3.41. The maximum absolute atomic E-state index is 3.41. The Balaban J connectivity index is 2.03. The van der Waals surface area contributed by atoms with Crippen LogP contribution in [-0.2, 0) is 6.54 Å². The molecule has 0 aliphatic heterocycles. The van der Waals surface area contributed by atoms with Crippen molar-refractivity contribution < 1.29 is 0 Å². The third kappa shape index (κ3) is 3.76. The molecule has 2 nitrogen and oxygen atoms in total. The molecule has 0 bridgehead atoms. The number of hydrogen-bond acceptors (Lipinski definition) is 2. The van der Waals surface area contributed by atoms with E-state index in [9.17, 15) is 0 Å². The van der Waals surface area contributed by atoms with E-state index in [1.54, 1.807) is 0 Å². The van der Waals surface area contributed by atoms with Crippen LogP contribution in [0.3, 0.4) is 0 Å². The third-order valence-corrected chi connectivity index (χ3v) is 4.83. The van der Waals surface area contributed by atoms with Crippen LogP contribution in [0.1, 0.15) is 50.7 Å². The fourth-order valence-electron chi connectivity index (χ4n) is 3.20. The molecule has 0 saturated heterocycles. The summed E-state index contributed by atoms with van der Waals surface area (Å²) in [6, 6.07) is 7.66. The number of hydrogen-bond donors (Lipinski definition) is 1. The summed E-state index contributed by atoms with van der Waals surface area (Å²) in [6.07, 6.45) is 5.45. The minimum atomic E-state index is 0.727. The number of benzene rings is 1. The normalized spacial score (nSPS) is 22.8. The van der Waals surface area contributed by atoms with Gasteiger partial charge >= 0.3 is 0 Å². The van der Waals surface area contributed by atoms with Crippen molar-refractivity contribution in [1.82, 2.24) is 5.32 Å². The molecule has 0 unspecified atom stereocenters. The predicted octanol–water partition coefficient (Wildman–Crippen LogP) is 4.12. The monoisotopic (exact) mass is 274 g/mol. The lowest BCUT2D eigenvalue weighted by Gasteiger charge is -2.35. The molecule has 0 radical (unpaired) electrons. The highest BCUT2D eigenvalue weighted by Gasteiger charge is 2.22. The van der Waals surface area contributed by atoms with Crippen molar-refractivity contribution in [3.63, 3.8) is 0 Å². The van der Waals surface area contributed by atoms with Gasteiger partial charge in [0.1, 0.15) is 0 Å². The van der Waals surface area contributed by atoms with E-state index in [2.05, 4.69) is 56.2 Å². The fraction of sp³-hybridized carbons (Fsp3) is 0.667. The smallest absolute Gasteiger partial charge is 0.0368 e. The van der Waals surface area contributed by atoms with Crippen molar-refractivity contribution in [2.45, 2.75) is 59.0 Å². The molecule has 112 valence electrons. The molecule has 1 N–H and O–H groups in total. The number of aryl methyl sites for hydroxylation is 1. The van der Waals surface area contributed by atoms with Crippen molar-refractivity contribution >= 4 is 5.69 Å².